The second-order valence-corrected chi connectivity index (χ2v) is 5.56. The highest BCUT2D eigenvalue weighted by Gasteiger charge is 2.31. The molecule has 0 aliphatic heterocycles. The number of furan rings is 1. The summed E-state index contributed by atoms with van der Waals surface area (Å²) in [5, 5.41) is 8.41. The van der Waals surface area contributed by atoms with Crippen LogP contribution in [-0.2, 0) is 17.9 Å². The molecule has 0 saturated carbocycles. The smallest absolute Gasteiger partial charge is 0.467 e. The Morgan fingerprint density at radius 2 is 1.93 bits per heavy atom. The zero-order valence-corrected chi connectivity index (χ0v) is 15.2. The van der Waals surface area contributed by atoms with E-state index >= 15 is 0 Å². The van der Waals surface area contributed by atoms with E-state index in [2.05, 4.69) is 25.7 Å². The van der Waals surface area contributed by atoms with Crippen molar-refractivity contribution in [2.75, 3.05) is 13.1 Å². The van der Waals surface area contributed by atoms with Crippen LogP contribution in [0.15, 0.2) is 52.1 Å². The van der Waals surface area contributed by atoms with E-state index < -0.39 is 6.36 Å². The molecule has 0 radical (unpaired) electrons. The van der Waals surface area contributed by atoms with Gasteiger partial charge in [-0.2, -0.15) is 0 Å². The Hall–Kier alpha value is -3.17. The molecular formula is C18H21F3N4O3. The predicted octanol–water partition coefficient (Wildman–Crippen LogP) is 2.55. The standard InChI is InChI=1S/C18H21F3N4O3/c1-2-22-17(25-12-16(26)23-11-14-7-5-9-27-14)24-10-13-6-3-4-8-15(13)28-18(19,20)21/h3-9H,2,10-12H2,1H3,(H,23,26)(H2,22,24,25). The lowest BCUT2D eigenvalue weighted by Crippen LogP contribution is -2.43. The van der Waals surface area contributed by atoms with E-state index in [9.17, 15) is 18.0 Å². The number of hydrogen-bond donors (Lipinski definition) is 3. The monoisotopic (exact) mass is 398 g/mol. The number of halogens is 3. The van der Waals surface area contributed by atoms with Crippen LogP contribution < -0.4 is 20.7 Å². The molecule has 2 rings (SSSR count). The van der Waals surface area contributed by atoms with Gasteiger partial charge in [0.2, 0.25) is 5.91 Å². The molecule has 1 aromatic carbocycles. The number of ether oxygens (including phenoxy) is 1. The van der Waals surface area contributed by atoms with Crippen LogP contribution >= 0.6 is 0 Å². The topological polar surface area (TPSA) is 87.9 Å². The third-order valence-corrected chi connectivity index (χ3v) is 3.41. The highest BCUT2D eigenvalue weighted by atomic mass is 19.4. The van der Waals surface area contributed by atoms with Gasteiger partial charge in [-0.3, -0.25) is 4.79 Å². The van der Waals surface area contributed by atoms with Gasteiger partial charge in [-0.1, -0.05) is 18.2 Å². The first-order valence-electron chi connectivity index (χ1n) is 8.52. The molecule has 1 aromatic heterocycles. The molecule has 3 N–H and O–H groups in total. The van der Waals surface area contributed by atoms with Crippen molar-refractivity contribution in [3.63, 3.8) is 0 Å². The summed E-state index contributed by atoms with van der Waals surface area (Å²) in [6.07, 6.45) is -3.27. The maximum atomic E-state index is 12.5. The fourth-order valence-electron chi connectivity index (χ4n) is 2.19. The number of para-hydroxylation sites is 1. The molecule has 10 heteroatoms. The maximum Gasteiger partial charge on any atom is 0.573 e. The van der Waals surface area contributed by atoms with Gasteiger partial charge in [-0.25, -0.2) is 4.99 Å². The molecule has 1 amide bonds. The molecule has 0 bridgehead atoms. The number of carbonyl (C=O) groups is 1. The van der Waals surface area contributed by atoms with Gasteiger partial charge in [0.15, 0.2) is 5.96 Å². The van der Waals surface area contributed by atoms with Crippen molar-refractivity contribution < 1.29 is 27.1 Å². The summed E-state index contributed by atoms with van der Waals surface area (Å²) < 4.78 is 46.6. The number of nitrogens with zero attached hydrogens (tertiary/aromatic N) is 1. The first kappa shape index (κ1) is 21.1. The number of amides is 1. The molecule has 0 saturated heterocycles. The molecule has 152 valence electrons. The van der Waals surface area contributed by atoms with Gasteiger partial charge in [-0.05, 0) is 25.1 Å². The molecule has 0 fully saturated rings. The Kier molecular flexibility index (Phi) is 7.73. The number of carbonyl (C=O) groups excluding carboxylic acids is 1. The van der Waals surface area contributed by atoms with Gasteiger partial charge in [0, 0.05) is 12.1 Å². The Bertz CT molecular complexity index is 777. The van der Waals surface area contributed by atoms with Crippen LogP contribution in [0, 0.1) is 0 Å². The molecule has 2 aromatic rings. The minimum Gasteiger partial charge on any atom is -0.467 e. The van der Waals surface area contributed by atoms with Crippen molar-refractivity contribution in [1.82, 2.24) is 16.0 Å². The van der Waals surface area contributed by atoms with Crippen molar-refractivity contribution >= 4 is 11.9 Å². The van der Waals surface area contributed by atoms with E-state index in [1.165, 1.54) is 24.5 Å². The summed E-state index contributed by atoms with van der Waals surface area (Å²) in [4.78, 5) is 16.1. The number of aliphatic imine (C=N–C) groups is 1. The van der Waals surface area contributed by atoms with E-state index in [0.29, 0.717) is 12.3 Å². The minimum atomic E-state index is -4.78. The first-order chi connectivity index (χ1) is 13.4. The number of nitrogens with one attached hydrogen (secondary N) is 3. The van der Waals surface area contributed by atoms with Crippen molar-refractivity contribution in [1.29, 1.82) is 0 Å². The van der Waals surface area contributed by atoms with Crippen molar-refractivity contribution in [2.24, 2.45) is 4.99 Å². The third-order valence-electron chi connectivity index (χ3n) is 3.41. The molecule has 1 heterocycles. The lowest BCUT2D eigenvalue weighted by molar-refractivity contribution is -0.274. The van der Waals surface area contributed by atoms with Crippen LogP contribution in [0.3, 0.4) is 0 Å². The summed E-state index contributed by atoms with van der Waals surface area (Å²) in [5.41, 5.74) is 0.263. The summed E-state index contributed by atoms with van der Waals surface area (Å²) in [5.74, 6) is 0.307. The number of alkyl halides is 3. The normalized spacial score (nSPS) is 11.8. The van der Waals surface area contributed by atoms with Crippen LogP contribution in [0.4, 0.5) is 13.2 Å². The zero-order chi connectivity index (χ0) is 20.4. The van der Waals surface area contributed by atoms with Crippen LogP contribution in [0.5, 0.6) is 5.75 Å². The maximum absolute atomic E-state index is 12.5. The van der Waals surface area contributed by atoms with Crippen molar-refractivity contribution in [3.8, 4) is 5.75 Å². The summed E-state index contributed by atoms with van der Waals surface area (Å²) in [6.45, 7) is 2.47. The number of hydrogen-bond acceptors (Lipinski definition) is 4. The van der Waals surface area contributed by atoms with E-state index in [1.807, 2.05) is 6.92 Å². The molecule has 0 spiro atoms. The van der Waals surface area contributed by atoms with Crippen LogP contribution in [0.25, 0.3) is 0 Å². The number of rotatable bonds is 8. The average molecular weight is 398 g/mol. The second kappa shape index (κ2) is 10.2. The number of benzene rings is 1. The SMILES string of the molecule is CCNC(=NCc1ccccc1OC(F)(F)F)NCC(=O)NCc1ccco1. The molecule has 0 aliphatic carbocycles. The molecule has 0 atom stereocenters. The van der Waals surface area contributed by atoms with Gasteiger partial charge in [0.1, 0.15) is 11.5 Å². The molecule has 7 nitrogen and oxygen atoms in total. The Balaban J connectivity index is 1.92. The fraction of sp³-hybridized carbons (Fsp3) is 0.333. The summed E-state index contributed by atoms with van der Waals surface area (Å²) in [7, 11) is 0. The molecule has 0 unspecified atom stereocenters. The third kappa shape index (κ3) is 7.60. The average Bonchev–Trinajstić information content (AvgIpc) is 3.15. The highest BCUT2D eigenvalue weighted by Crippen LogP contribution is 2.26. The van der Waals surface area contributed by atoms with Gasteiger partial charge in [0.25, 0.3) is 0 Å². The Morgan fingerprint density at radius 1 is 1.14 bits per heavy atom. The molecule has 28 heavy (non-hydrogen) atoms. The highest BCUT2D eigenvalue weighted by molar-refractivity contribution is 5.86. The first-order valence-corrected chi connectivity index (χ1v) is 8.52. The van der Waals surface area contributed by atoms with Gasteiger partial charge in [-0.15, -0.1) is 13.2 Å². The predicted molar refractivity (Wildman–Crippen MR) is 96.5 cm³/mol. The van der Waals surface area contributed by atoms with Crippen LogP contribution in [0.1, 0.15) is 18.2 Å². The van der Waals surface area contributed by atoms with Gasteiger partial charge in [0.05, 0.1) is 25.9 Å². The Labute approximate surface area is 160 Å². The van der Waals surface area contributed by atoms with Gasteiger partial charge < -0.3 is 25.1 Å². The van der Waals surface area contributed by atoms with Crippen LogP contribution in [-0.4, -0.2) is 31.3 Å². The summed E-state index contributed by atoms with van der Waals surface area (Å²) in [6, 6.07) is 9.21. The van der Waals surface area contributed by atoms with Crippen molar-refractivity contribution in [2.45, 2.75) is 26.4 Å². The number of guanidine groups is 1. The van der Waals surface area contributed by atoms with Gasteiger partial charge >= 0.3 is 6.36 Å². The van der Waals surface area contributed by atoms with E-state index in [0.717, 1.165) is 0 Å². The van der Waals surface area contributed by atoms with E-state index in [4.69, 9.17) is 4.42 Å². The van der Waals surface area contributed by atoms with E-state index in [-0.39, 0.29) is 42.8 Å². The molecule has 0 aliphatic rings. The lowest BCUT2D eigenvalue weighted by atomic mass is 10.2. The quantitative estimate of drug-likeness (QED) is 0.470. The fourth-order valence-corrected chi connectivity index (χ4v) is 2.19. The Morgan fingerprint density at radius 3 is 2.61 bits per heavy atom. The largest absolute Gasteiger partial charge is 0.573 e. The minimum absolute atomic E-state index is 0.0599. The van der Waals surface area contributed by atoms with E-state index in [1.54, 1.807) is 18.2 Å². The lowest BCUT2D eigenvalue weighted by Gasteiger charge is -2.14. The molecular weight excluding hydrogens is 377 g/mol. The summed E-state index contributed by atoms with van der Waals surface area (Å²) >= 11 is 0. The second-order valence-electron chi connectivity index (χ2n) is 5.56. The van der Waals surface area contributed by atoms with Crippen molar-refractivity contribution in [3.05, 3.63) is 54.0 Å². The zero-order valence-electron chi connectivity index (χ0n) is 15.2. The van der Waals surface area contributed by atoms with Crippen LogP contribution in [0.2, 0.25) is 0 Å².